The number of halogens is 2. The fourth-order valence-electron chi connectivity index (χ4n) is 1.72. The summed E-state index contributed by atoms with van der Waals surface area (Å²) in [7, 11) is -3.80. The van der Waals surface area contributed by atoms with Crippen molar-refractivity contribution < 1.29 is 27.1 Å². The SMILES string of the molecule is CC(NS(=O)(=O)CCCC(=O)O)c1c(F)cccc1F. The Morgan fingerprint density at radius 2 is 1.90 bits per heavy atom. The highest BCUT2D eigenvalue weighted by molar-refractivity contribution is 7.89. The van der Waals surface area contributed by atoms with Crippen LogP contribution in [-0.4, -0.2) is 25.2 Å². The molecule has 1 rings (SSSR count). The van der Waals surface area contributed by atoms with E-state index in [0.29, 0.717) is 0 Å². The topological polar surface area (TPSA) is 83.5 Å². The van der Waals surface area contributed by atoms with Gasteiger partial charge in [-0.25, -0.2) is 21.9 Å². The van der Waals surface area contributed by atoms with Crippen molar-refractivity contribution in [1.82, 2.24) is 4.72 Å². The molecule has 0 radical (unpaired) electrons. The summed E-state index contributed by atoms with van der Waals surface area (Å²) >= 11 is 0. The summed E-state index contributed by atoms with van der Waals surface area (Å²) in [6.07, 6.45) is -0.361. The summed E-state index contributed by atoms with van der Waals surface area (Å²) in [5.41, 5.74) is -0.366. The Bertz CT molecular complexity index is 569. The van der Waals surface area contributed by atoms with Gasteiger partial charge in [0.1, 0.15) is 11.6 Å². The van der Waals surface area contributed by atoms with Gasteiger partial charge in [0.2, 0.25) is 10.0 Å². The number of nitrogens with one attached hydrogen (secondary N) is 1. The Hall–Kier alpha value is -1.54. The number of carboxylic acid groups (broad SMARTS) is 1. The van der Waals surface area contributed by atoms with Gasteiger partial charge < -0.3 is 5.11 Å². The van der Waals surface area contributed by atoms with Crippen molar-refractivity contribution in [2.45, 2.75) is 25.8 Å². The predicted octanol–water partition coefficient (Wildman–Crippen LogP) is 1.81. The molecule has 112 valence electrons. The summed E-state index contributed by atoms with van der Waals surface area (Å²) in [6, 6.07) is 2.18. The number of sulfonamides is 1. The highest BCUT2D eigenvalue weighted by Gasteiger charge is 2.21. The van der Waals surface area contributed by atoms with E-state index in [9.17, 15) is 22.0 Å². The van der Waals surface area contributed by atoms with Crippen LogP contribution in [0.1, 0.15) is 31.4 Å². The van der Waals surface area contributed by atoms with Gasteiger partial charge in [0.15, 0.2) is 0 Å². The minimum Gasteiger partial charge on any atom is -0.481 e. The molecule has 20 heavy (non-hydrogen) atoms. The van der Waals surface area contributed by atoms with Crippen LogP contribution in [0.5, 0.6) is 0 Å². The van der Waals surface area contributed by atoms with Crippen LogP contribution in [-0.2, 0) is 14.8 Å². The lowest BCUT2D eigenvalue weighted by Gasteiger charge is -2.15. The molecule has 0 bridgehead atoms. The number of benzene rings is 1. The molecular formula is C12H15F2NO4S. The highest BCUT2D eigenvalue weighted by Crippen LogP contribution is 2.21. The summed E-state index contributed by atoms with van der Waals surface area (Å²) in [5, 5.41) is 8.43. The molecule has 0 aliphatic carbocycles. The molecule has 8 heteroatoms. The second-order valence-corrected chi connectivity index (χ2v) is 6.16. The van der Waals surface area contributed by atoms with E-state index in [1.54, 1.807) is 0 Å². The van der Waals surface area contributed by atoms with E-state index >= 15 is 0 Å². The second kappa shape index (κ2) is 6.76. The molecule has 0 saturated heterocycles. The van der Waals surface area contributed by atoms with Gasteiger partial charge in [0.05, 0.1) is 5.75 Å². The zero-order valence-corrected chi connectivity index (χ0v) is 11.6. The molecule has 0 aromatic heterocycles. The van der Waals surface area contributed by atoms with Crippen LogP contribution in [0.4, 0.5) is 8.78 Å². The van der Waals surface area contributed by atoms with E-state index in [2.05, 4.69) is 4.72 Å². The Morgan fingerprint density at radius 3 is 2.40 bits per heavy atom. The van der Waals surface area contributed by atoms with Crippen LogP contribution in [0, 0.1) is 11.6 Å². The standard InChI is InChI=1S/C12H15F2NO4S/c1-8(12-9(13)4-2-5-10(12)14)15-20(18,19)7-3-6-11(16)17/h2,4-5,8,15H,3,6-7H2,1H3,(H,16,17). The van der Waals surface area contributed by atoms with Crippen LogP contribution in [0.25, 0.3) is 0 Å². The van der Waals surface area contributed by atoms with Gasteiger partial charge in [-0.05, 0) is 25.5 Å². The number of rotatable bonds is 7. The fraction of sp³-hybridized carbons (Fsp3) is 0.417. The summed E-state index contributed by atoms with van der Waals surface area (Å²) in [4.78, 5) is 10.3. The Kier molecular flexibility index (Phi) is 5.58. The minimum atomic E-state index is -3.80. The van der Waals surface area contributed by atoms with Crippen molar-refractivity contribution in [3.63, 3.8) is 0 Å². The first-order valence-corrected chi connectivity index (χ1v) is 7.54. The van der Waals surface area contributed by atoms with E-state index in [4.69, 9.17) is 5.11 Å². The molecule has 1 atom stereocenters. The van der Waals surface area contributed by atoms with E-state index in [0.717, 1.165) is 12.1 Å². The lowest BCUT2D eigenvalue weighted by atomic mass is 10.1. The van der Waals surface area contributed by atoms with E-state index < -0.39 is 39.4 Å². The maximum atomic E-state index is 13.5. The molecule has 0 aliphatic rings. The molecule has 0 saturated carbocycles. The lowest BCUT2D eigenvalue weighted by molar-refractivity contribution is -0.137. The lowest BCUT2D eigenvalue weighted by Crippen LogP contribution is -2.30. The third-order valence-electron chi connectivity index (χ3n) is 2.59. The molecule has 0 spiro atoms. The summed E-state index contributed by atoms with van der Waals surface area (Å²) in [5.74, 6) is -3.20. The zero-order valence-electron chi connectivity index (χ0n) is 10.8. The first-order chi connectivity index (χ1) is 9.23. The van der Waals surface area contributed by atoms with E-state index in [-0.39, 0.29) is 18.4 Å². The first-order valence-electron chi connectivity index (χ1n) is 5.88. The molecular weight excluding hydrogens is 292 g/mol. The zero-order chi connectivity index (χ0) is 15.3. The third-order valence-corrected chi connectivity index (χ3v) is 4.13. The molecule has 1 unspecified atom stereocenters. The maximum Gasteiger partial charge on any atom is 0.303 e. The number of carboxylic acids is 1. The maximum absolute atomic E-state index is 13.5. The largest absolute Gasteiger partial charge is 0.481 e. The highest BCUT2D eigenvalue weighted by atomic mass is 32.2. The van der Waals surface area contributed by atoms with Crippen LogP contribution in [0.2, 0.25) is 0 Å². The molecule has 0 amide bonds. The van der Waals surface area contributed by atoms with Crippen molar-refractivity contribution >= 4 is 16.0 Å². The van der Waals surface area contributed by atoms with Crippen LogP contribution >= 0.6 is 0 Å². The van der Waals surface area contributed by atoms with E-state index in [1.807, 2.05) is 0 Å². The molecule has 5 nitrogen and oxygen atoms in total. The minimum absolute atomic E-state index is 0.0723. The summed E-state index contributed by atoms with van der Waals surface area (Å²) < 4.78 is 52.4. The summed E-state index contributed by atoms with van der Waals surface area (Å²) in [6.45, 7) is 1.32. The van der Waals surface area contributed by atoms with Gasteiger partial charge in [0, 0.05) is 18.0 Å². The first kappa shape index (κ1) is 16.5. The van der Waals surface area contributed by atoms with Gasteiger partial charge in [-0.3, -0.25) is 4.79 Å². The van der Waals surface area contributed by atoms with Crippen molar-refractivity contribution in [1.29, 1.82) is 0 Å². The van der Waals surface area contributed by atoms with Gasteiger partial charge >= 0.3 is 5.97 Å². The molecule has 1 aromatic carbocycles. The number of carbonyl (C=O) groups is 1. The molecule has 0 fully saturated rings. The van der Waals surface area contributed by atoms with Crippen LogP contribution in [0.15, 0.2) is 18.2 Å². The predicted molar refractivity (Wildman–Crippen MR) is 68.6 cm³/mol. The van der Waals surface area contributed by atoms with Gasteiger partial charge in [-0.15, -0.1) is 0 Å². The van der Waals surface area contributed by atoms with Gasteiger partial charge in [-0.1, -0.05) is 6.07 Å². The molecule has 0 aliphatic heterocycles. The van der Waals surface area contributed by atoms with Crippen molar-refractivity contribution in [3.05, 3.63) is 35.4 Å². The quantitative estimate of drug-likeness (QED) is 0.804. The monoisotopic (exact) mass is 307 g/mol. The number of hydrogen-bond acceptors (Lipinski definition) is 3. The molecule has 2 N–H and O–H groups in total. The van der Waals surface area contributed by atoms with Crippen molar-refractivity contribution in [2.24, 2.45) is 0 Å². The smallest absolute Gasteiger partial charge is 0.303 e. The van der Waals surface area contributed by atoms with Crippen molar-refractivity contribution in [3.8, 4) is 0 Å². The van der Waals surface area contributed by atoms with Crippen molar-refractivity contribution in [2.75, 3.05) is 5.75 Å². The third kappa shape index (κ3) is 4.86. The Morgan fingerprint density at radius 1 is 1.35 bits per heavy atom. The van der Waals surface area contributed by atoms with Crippen LogP contribution < -0.4 is 4.72 Å². The Labute approximate surface area is 115 Å². The number of hydrogen-bond donors (Lipinski definition) is 2. The average Bonchev–Trinajstić information content (AvgIpc) is 2.26. The average molecular weight is 307 g/mol. The Balaban J connectivity index is 2.74. The van der Waals surface area contributed by atoms with Crippen LogP contribution in [0.3, 0.4) is 0 Å². The molecule has 1 aromatic rings. The number of aliphatic carboxylic acids is 1. The second-order valence-electron chi connectivity index (χ2n) is 4.29. The van der Waals surface area contributed by atoms with Gasteiger partial charge in [-0.2, -0.15) is 0 Å². The molecule has 0 heterocycles. The fourth-order valence-corrected chi connectivity index (χ4v) is 3.02. The van der Waals surface area contributed by atoms with E-state index in [1.165, 1.54) is 13.0 Å². The normalized spacial score (nSPS) is 13.2. The van der Waals surface area contributed by atoms with Gasteiger partial charge in [0.25, 0.3) is 0 Å².